The first-order valence-corrected chi connectivity index (χ1v) is 7.68. The summed E-state index contributed by atoms with van der Waals surface area (Å²) in [6.45, 7) is 1.94. The summed E-state index contributed by atoms with van der Waals surface area (Å²) in [5.41, 5.74) is 1.40. The second-order valence-electron chi connectivity index (χ2n) is 5.92. The average molecular weight is 329 g/mol. The molecular formula is C17H19N3O4. The van der Waals surface area contributed by atoms with Gasteiger partial charge in [-0.15, -0.1) is 0 Å². The number of amides is 2. The zero-order valence-corrected chi connectivity index (χ0v) is 13.5. The van der Waals surface area contributed by atoms with Gasteiger partial charge in [0.15, 0.2) is 0 Å². The Morgan fingerprint density at radius 3 is 2.71 bits per heavy atom. The number of aliphatic hydroxyl groups excluding tert-OH is 1. The Hall–Kier alpha value is -2.67. The Bertz CT molecular complexity index is 743. The maximum Gasteiger partial charge on any atom is 0.252 e. The van der Waals surface area contributed by atoms with Crippen molar-refractivity contribution in [2.75, 3.05) is 7.05 Å². The molecule has 1 aliphatic rings. The normalized spacial score (nSPS) is 23.5. The van der Waals surface area contributed by atoms with Gasteiger partial charge >= 0.3 is 0 Å². The zero-order chi connectivity index (χ0) is 17.3. The summed E-state index contributed by atoms with van der Waals surface area (Å²) in [4.78, 5) is 26.2. The first-order valence-electron chi connectivity index (χ1n) is 7.68. The minimum absolute atomic E-state index is 0.179. The third-order valence-electron chi connectivity index (χ3n) is 4.26. The fraction of sp³-hybridized carbons (Fsp3) is 0.353. The van der Waals surface area contributed by atoms with E-state index in [0.29, 0.717) is 11.5 Å². The summed E-state index contributed by atoms with van der Waals surface area (Å²) in [7, 11) is 1.59. The molecule has 7 nitrogen and oxygen atoms in total. The molecule has 1 aromatic carbocycles. The topological polar surface area (TPSA) is 95.7 Å². The lowest BCUT2D eigenvalue weighted by Gasteiger charge is -2.24. The highest BCUT2D eigenvalue weighted by Crippen LogP contribution is 2.37. The number of likely N-dealkylation sites (N-methyl/N-ethyl adjacent to an activating group) is 1. The molecule has 2 heterocycles. The lowest BCUT2D eigenvalue weighted by Crippen LogP contribution is -2.38. The lowest BCUT2D eigenvalue weighted by atomic mass is 9.91. The summed E-state index contributed by atoms with van der Waals surface area (Å²) in [6.07, 6.45) is -1.36. The van der Waals surface area contributed by atoms with Crippen LogP contribution in [0.5, 0.6) is 0 Å². The molecule has 0 radical (unpaired) electrons. The van der Waals surface area contributed by atoms with E-state index in [-0.39, 0.29) is 6.54 Å². The predicted octanol–water partition coefficient (Wildman–Crippen LogP) is 0.790. The summed E-state index contributed by atoms with van der Waals surface area (Å²) >= 11 is 0. The van der Waals surface area contributed by atoms with Crippen LogP contribution < -0.4 is 5.32 Å². The smallest absolute Gasteiger partial charge is 0.252 e. The Morgan fingerprint density at radius 2 is 2.08 bits per heavy atom. The van der Waals surface area contributed by atoms with Crippen molar-refractivity contribution in [3.63, 3.8) is 0 Å². The molecule has 1 aliphatic heterocycles. The molecule has 1 saturated heterocycles. The lowest BCUT2D eigenvalue weighted by molar-refractivity contribution is -0.137. The second-order valence-corrected chi connectivity index (χ2v) is 5.92. The SMILES string of the molecule is Cc1cc(CNC(=O)[C@@H]2[C@@H](c3ccccc3)N(C)C(=O)[C@@H]2O)no1. The molecule has 2 N–H and O–H groups in total. The number of carbonyl (C=O) groups excluding carboxylic acids is 2. The Balaban J connectivity index is 1.80. The summed E-state index contributed by atoms with van der Waals surface area (Å²) in [5.74, 6) is -1.08. The van der Waals surface area contributed by atoms with E-state index >= 15 is 0 Å². The summed E-state index contributed by atoms with van der Waals surface area (Å²) < 4.78 is 4.95. The number of benzene rings is 1. The van der Waals surface area contributed by atoms with Crippen LogP contribution >= 0.6 is 0 Å². The number of hydrogen-bond donors (Lipinski definition) is 2. The molecule has 0 bridgehead atoms. The van der Waals surface area contributed by atoms with Crippen molar-refractivity contribution in [2.45, 2.75) is 25.6 Å². The molecule has 24 heavy (non-hydrogen) atoms. The predicted molar refractivity (Wildman–Crippen MR) is 84.5 cm³/mol. The van der Waals surface area contributed by atoms with E-state index in [1.807, 2.05) is 30.3 Å². The van der Waals surface area contributed by atoms with Gasteiger partial charge in [-0.1, -0.05) is 35.5 Å². The van der Waals surface area contributed by atoms with E-state index in [4.69, 9.17) is 4.52 Å². The van der Waals surface area contributed by atoms with Crippen molar-refractivity contribution in [1.82, 2.24) is 15.4 Å². The van der Waals surface area contributed by atoms with E-state index in [2.05, 4.69) is 10.5 Å². The molecule has 2 amide bonds. The van der Waals surface area contributed by atoms with Crippen LogP contribution in [0.3, 0.4) is 0 Å². The van der Waals surface area contributed by atoms with Gasteiger partial charge in [-0.25, -0.2) is 0 Å². The van der Waals surface area contributed by atoms with Crippen molar-refractivity contribution in [1.29, 1.82) is 0 Å². The van der Waals surface area contributed by atoms with Crippen LogP contribution in [0.2, 0.25) is 0 Å². The van der Waals surface area contributed by atoms with Gasteiger partial charge in [0, 0.05) is 13.1 Å². The average Bonchev–Trinajstić information content (AvgIpc) is 3.10. The van der Waals surface area contributed by atoms with Crippen LogP contribution in [0.4, 0.5) is 0 Å². The summed E-state index contributed by atoms with van der Waals surface area (Å²) in [5, 5.41) is 16.8. The summed E-state index contributed by atoms with van der Waals surface area (Å²) in [6, 6.07) is 10.4. The Kier molecular flexibility index (Phi) is 4.35. The van der Waals surface area contributed by atoms with Gasteiger partial charge in [-0.05, 0) is 12.5 Å². The van der Waals surface area contributed by atoms with E-state index in [0.717, 1.165) is 5.56 Å². The number of aliphatic hydroxyl groups is 1. The molecule has 0 aliphatic carbocycles. The fourth-order valence-electron chi connectivity index (χ4n) is 3.08. The first kappa shape index (κ1) is 16.2. The second kappa shape index (κ2) is 6.45. The van der Waals surface area contributed by atoms with Gasteiger partial charge in [0.05, 0.1) is 18.5 Å². The molecule has 1 fully saturated rings. The Labute approximate surface area is 139 Å². The van der Waals surface area contributed by atoms with Crippen LogP contribution in [0.25, 0.3) is 0 Å². The molecule has 2 aromatic rings. The van der Waals surface area contributed by atoms with Crippen LogP contribution in [0.15, 0.2) is 40.9 Å². The number of aryl methyl sites for hydroxylation is 1. The van der Waals surface area contributed by atoms with E-state index in [1.165, 1.54) is 4.90 Å². The van der Waals surface area contributed by atoms with Gasteiger partial charge in [-0.2, -0.15) is 0 Å². The molecule has 7 heteroatoms. The molecule has 0 spiro atoms. The van der Waals surface area contributed by atoms with Gasteiger partial charge in [0.2, 0.25) is 5.91 Å². The highest BCUT2D eigenvalue weighted by Gasteiger charge is 2.49. The maximum absolute atomic E-state index is 12.6. The van der Waals surface area contributed by atoms with Crippen molar-refractivity contribution in [3.8, 4) is 0 Å². The standard InChI is InChI=1S/C17H19N3O4/c1-10-8-12(19-24-10)9-18-16(22)13-14(11-6-4-3-5-7-11)20(2)17(23)15(13)21/h3-8,13-15,21H,9H2,1-2H3,(H,18,22)/t13-,14-,15-/m1/s1. The van der Waals surface area contributed by atoms with Gasteiger partial charge in [0.1, 0.15) is 17.6 Å². The van der Waals surface area contributed by atoms with Crippen molar-refractivity contribution >= 4 is 11.8 Å². The minimum Gasteiger partial charge on any atom is -0.382 e. The molecule has 3 atom stereocenters. The highest BCUT2D eigenvalue weighted by atomic mass is 16.5. The van der Waals surface area contributed by atoms with Crippen molar-refractivity contribution < 1.29 is 19.2 Å². The largest absolute Gasteiger partial charge is 0.382 e. The molecule has 3 rings (SSSR count). The third kappa shape index (κ3) is 2.90. The van der Waals surface area contributed by atoms with Crippen LogP contribution in [0, 0.1) is 12.8 Å². The first-order chi connectivity index (χ1) is 11.5. The number of rotatable bonds is 4. The molecule has 0 unspecified atom stereocenters. The molecule has 0 saturated carbocycles. The molecule has 126 valence electrons. The molecule has 1 aromatic heterocycles. The number of hydrogen-bond acceptors (Lipinski definition) is 5. The molecular weight excluding hydrogens is 310 g/mol. The zero-order valence-electron chi connectivity index (χ0n) is 13.5. The highest BCUT2D eigenvalue weighted by molar-refractivity contribution is 5.93. The van der Waals surface area contributed by atoms with E-state index in [1.54, 1.807) is 20.0 Å². The number of nitrogens with zero attached hydrogens (tertiary/aromatic N) is 2. The quantitative estimate of drug-likeness (QED) is 0.864. The number of aromatic nitrogens is 1. The number of carbonyl (C=O) groups is 2. The maximum atomic E-state index is 12.6. The van der Waals surface area contributed by atoms with Gasteiger partial charge < -0.3 is 19.8 Å². The van der Waals surface area contributed by atoms with Crippen LogP contribution in [-0.4, -0.2) is 40.1 Å². The Morgan fingerprint density at radius 1 is 1.38 bits per heavy atom. The monoisotopic (exact) mass is 329 g/mol. The van der Waals surface area contributed by atoms with Crippen molar-refractivity contribution in [3.05, 3.63) is 53.4 Å². The van der Waals surface area contributed by atoms with E-state index in [9.17, 15) is 14.7 Å². The van der Waals surface area contributed by atoms with Crippen LogP contribution in [0.1, 0.15) is 23.1 Å². The fourth-order valence-corrected chi connectivity index (χ4v) is 3.08. The van der Waals surface area contributed by atoms with E-state index < -0.39 is 29.9 Å². The van der Waals surface area contributed by atoms with Crippen molar-refractivity contribution in [2.24, 2.45) is 5.92 Å². The van der Waals surface area contributed by atoms with Crippen LogP contribution in [-0.2, 0) is 16.1 Å². The third-order valence-corrected chi connectivity index (χ3v) is 4.26. The number of nitrogens with one attached hydrogen (secondary N) is 1. The minimum atomic E-state index is -1.36. The number of likely N-dealkylation sites (tertiary alicyclic amines) is 1. The van der Waals surface area contributed by atoms with Gasteiger partial charge in [-0.3, -0.25) is 9.59 Å². The van der Waals surface area contributed by atoms with Gasteiger partial charge in [0.25, 0.3) is 5.91 Å².